The molecule has 1 aromatic rings. The number of nitrogens with zero attached hydrogens (tertiary/aromatic N) is 1. The molecule has 1 N–H and O–H groups in total. The van der Waals surface area contributed by atoms with Gasteiger partial charge >= 0.3 is 0 Å². The van der Waals surface area contributed by atoms with Crippen LogP contribution < -0.4 is 14.8 Å². The molecular formula is C18H26N2O3. The van der Waals surface area contributed by atoms with Gasteiger partial charge in [-0.3, -0.25) is 4.79 Å². The molecule has 5 heteroatoms. The highest BCUT2D eigenvalue weighted by Gasteiger charge is 2.30. The quantitative estimate of drug-likeness (QED) is 0.561. The second kappa shape index (κ2) is 8.58. The van der Waals surface area contributed by atoms with Gasteiger partial charge in [0, 0.05) is 25.6 Å². The summed E-state index contributed by atoms with van der Waals surface area (Å²) in [7, 11) is 3.24. The summed E-state index contributed by atoms with van der Waals surface area (Å²) in [4.78, 5) is 14.2. The van der Waals surface area contributed by atoms with Crippen molar-refractivity contribution in [2.75, 3.05) is 27.3 Å². The van der Waals surface area contributed by atoms with Crippen LogP contribution in [0.25, 0.3) is 0 Å². The molecule has 1 atom stereocenters. The number of hydrogen-bond donors (Lipinski definition) is 1. The summed E-state index contributed by atoms with van der Waals surface area (Å²) in [5.74, 6) is 1.63. The van der Waals surface area contributed by atoms with Gasteiger partial charge in [0.25, 0.3) is 0 Å². The molecule has 23 heavy (non-hydrogen) atoms. The van der Waals surface area contributed by atoms with Gasteiger partial charge in [-0.1, -0.05) is 12.1 Å². The van der Waals surface area contributed by atoms with E-state index in [1.807, 2.05) is 29.2 Å². The molecule has 5 nitrogen and oxygen atoms in total. The lowest BCUT2D eigenvalue weighted by atomic mass is 10.1. The normalized spacial score (nSPS) is 17.4. The van der Waals surface area contributed by atoms with Crippen molar-refractivity contribution in [3.8, 4) is 11.5 Å². The zero-order valence-electron chi connectivity index (χ0n) is 14.0. The van der Waals surface area contributed by atoms with Gasteiger partial charge in [0.05, 0.1) is 14.2 Å². The fourth-order valence-corrected chi connectivity index (χ4v) is 2.96. The van der Waals surface area contributed by atoms with E-state index in [1.54, 1.807) is 14.2 Å². The van der Waals surface area contributed by atoms with Gasteiger partial charge in [-0.25, -0.2) is 0 Å². The molecule has 0 saturated carbocycles. The largest absolute Gasteiger partial charge is 0.493 e. The van der Waals surface area contributed by atoms with E-state index in [9.17, 15) is 4.79 Å². The van der Waals surface area contributed by atoms with E-state index < -0.39 is 0 Å². The maximum atomic E-state index is 12.2. The van der Waals surface area contributed by atoms with Gasteiger partial charge in [0.2, 0.25) is 5.91 Å². The second-order valence-corrected chi connectivity index (χ2v) is 5.68. The molecule has 1 aliphatic rings. The summed E-state index contributed by atoms with van der Waals surface area (Å²) in [6, 6.07) is 6.11. The van der Waals surface area contributed by atoms with Crippen molar-refractivity contribution in [3.05, 3.63) is 36.4 Å². The monoisotopic (exact) mass is 318 g/mol. The number of benzene rings is 1. The molecule has 0 aliphatic carbocycles. The predicted molar refractivity (Wildman–Crippen MR) is 90.8 cm³/mol. The molecule has 0 aromatic heterocycles. The fraction of sp³-hybridized carbons (Fsp3) is 0.500. The Morgan fingerprint density at radius 3 is 2.83 bits per heavy atom. The Morgan fingerprint density at radius 1 is 1.35 bits per heavy atom. The van der Waals surface area contributed by atoms with Crippen molar-refractivity contribution in [1.29, 1.82) is 0 Å². The Morgan fingerprint density at radius 2 is 2.13 bits per heavy atom. The van der Waals surface area contributed by atoms with E-state index in [0.29, 0.717) is 30.5 Å². The van der Waals surface area contributed by atoms with Crippen LogP contribution in [-0.2, 0) is 11.3 Å². The van der Waals surface area contributed by atoms with Gasteiger partial charge in [-0.2, -0.15) is 0 Å². The lowest BCUT2D eigenvalue weighted by Crippen LogP contribution is -2.34. The van der Waals surface area contributed by atoms with Crippen molar-refractivity contribution in [2.45, 2.75) is 31.8 Å². The van der Waals surface area contributed by atoms with Gasteiger partial charge in [0.15, 0.2) is 11.5 Å². The number of carbonyl (C=O) groups is 1. The van der Waals surface area contributed by atoms with Crippen molar-refractivity contribution in [2.24, 2.45) is 0 Å². The highest BCUT2D eigenvalue weighted by atomic mass is 16.5. The van der Waals surface area contributed by atoms with E-state index in [4.69, 9.17) is 9.47 Å². The Bertz CT molecular complexity index is 545. The van der Waals surface area contributed by atoms with Gasteiger partial charge in [-0.15, -0.1) is 6.58 Å². The van der Waals surface area contributed by atoms with Crippen LogP contribution >= 0.6 is 0 Å². The van der Waals surface area contributed by atoms with Crippen LogP contribution in [0.4, 0.5) is 0 Å². The van der Waals surface area contributed by atoms with E-state index in [0.717, 1.165) is 31.5 Å². The summed E-state index contributed by atoms with van der Waals surface area (Å²) in [6.07, 6.45) is 4.38. The Hall–Kier alpha value is -2.01. The van der Waals surface area contributed by atoms with Crippen molar-refractivity contribution >= 4 is 5.91 Å². The number of methoxy groups -OCH3 is 2. The summed E-state index contributed by atoms with van der Waals surface area (Å²) < 4.78 is 10.6. The van der Waals surface area contributed by atoms with Gasteiger partial charge in [0.1, 0.15) is 0 Å². The van der Waals surface area contributed by atoms with Gasteiger partial charge in [-0.05, 0) is 37.1 Å². The molecule has 2 rings (SSSR count). The summed E-state index contributed by atoms with van der Waals surface area (Å²) in [5, 5.41) is 3.30. The number of rotatable bonds is 9. The summed E-state index contributed by atoms with van der Waals surface area (Å²) in [5.41, 5.74) is 1.06. The predicted octanol–water partition coefficient (Wildman–Crippen LogP) is 2.36. The summed E-state index contributed by atoms with van der Waals surface area (Å²) in [6.45, 7) is 6.01. The molecule has 0 spiro atoms. The van der Waals surface area contributed by atoms with Crippen LogP contribution in [-0.4, -0.2) is 44.2 Å². The van der Waals surface area contributed by atoms with Crippen LogP contribution in [0.5, 0.6) is 11.5 Å². The topological polar surface area (TPSA) is 50.8 Å². The molecule has 1 unspecified atom stereocenters. The van der Waals surface area contributed by atoms with Crippen molar-refractivity contribution < 1.29 is 14.3 Å². The molecule has 1 amide bonds. The molecule has 1 heterocycles. The first kappa shape index (κ1) is 17.3. The number of ether oxygens (including phenoxy) is 2. The van der Waals surface area contributed by atoms with E-state index in [2.05, 4.69) is 11.9 Å². The zero-order valence-corrected chi connectivity index (χ0v) is 14.0. The lowest BCUT2D eigenvalue weighted by Gasteiger charge is -2.25. The molecule has 1 fully saturated rings. The Balaban J connectivity index is 2.01. The third-order valence-electron chi connectivity index (χ3n) is 4.20. The number of amides is 1. The highest BCUT2D eigenvalue weighted by Crippen LogP contribution is 2.30. The Labute approximate surface area is 138 Å². The van der Waals surface area contributed by atoms with Crippen LogP contribution in [0.1, 0.15) is 24.8 Å². The average molecular weight is 318 g/mol. The molecular weight excluding hydrogens is 292 g/mol. The first-order chi connectivity index (χ1) is 11.2. The molecule has 1 aliphatic heterocycles. The molecule has 0 bridgehead atoms. The zero-order chi connectivity index (χ0) is 16.7. The third kappa shape index (κ3) is 4.48. The van der Waals surface area contributed by atoms with Crippen molar-refractivity contribution in [1.82, 2.24) is 10.2 Å². The van der Waals surface area contributed by atoms with E-state index in [1.165, 1.54) is 0 Å². The minimum absolute atomic E-state index is 0.230. The number of carbonyl (C=O) groups excluding carboxylic acids is 1. The molecule has 1 saturated heterocycles. The maximum Gasteiger partial charge on any atom is 0.223 e. The van der Waals surface area contributed by atoms with Crippen LogP contribution in [0.15, 0.2) is 30.9 Å². The highest BCUT2D eigenvalue weighted by molar-refractivity contribution is 5.78. The standard InChI is InChI=1S/C18H26N2O3/c1-4-10-19-11-9-15-6-8-18(21)20(15)13-14-5-7-16(22-2)17(12-14)23-3/h4-5,7,12,15,19H,1,6,8-11,13H2,2-3H3. The first-order valence-corrected chi connectivity index (χ1v) is 8.01. The van der Waals surface area contributed by atoms with Crippen LogP contribution in [0.3, 0.4) is 0 Å². The van der Waals surface area contributed by atoms with Gasteiger partial charge < -0.3 is 19.7 Å². The Kier molecular flexibility index (Phi) is 6.47. The smallest absolute Gasteiger partial charge is 0.223 e. The maximum absolute atomic E-state index is 12.2. The van der Waals surface area contributed by atoms with Crippen LogP contribution in [0.2, 0.25) is 0 Å². The number of hydrogen-bond acceptors (Lipinski definition) is 4. The fourth-order valence-electron chi connectivity index (χ4n) is 2.96. The molecule has 1 aromatic carbocycles. The van der Waals surface area contributed by atoms with Crippen LogP contribution in [0, 0.1) is 0 Å². The summed E-state index contributed by atoms with van der Waals surface area (Å²) >= 11 is 0. The third-order valence-corrected chi connectivity index (χ3v) is 4.20. The second-order valence-electron chi connectivity index (χ2n) is 5.68. The SMILES string of the molecule is C=CCNCCC1CCC(=O)N1Cc1ccc(OC)c(OC)c1. The lowest BCUT2D eigenvalue weighted by molar-refractivity contribution is -0.129. The molecule has 126 valence electrons. The number of likely N-dealkylation sites (tertiary alicyclic amines) is 1. The average Bonchev–Trinajstić information content (AvgIpc) is 2.92. The van der Waals surface area contributed by atoms with E-state index in [-0.39, 0.29) is 5.91 Å². The minimum Gasteiger partial charge on any atom is -0.493 e. The number of nitrogens with one attached hydrogen (secondary N) is 1. The minimum atomic E-state index is 0.230. The molecule has 0 radical (unpaired) electrons. The van der Waals surface area contributed by atoms with Crippen molar-refractivity contribution in [3.63, 3.8) is 0 Å². The first-order valence-electron chi connectivity index (χ1n) is 8.01. The van der Waals surface area contributed by atoms with E-state index >= 15 is 0 Å².